The molecule has 5 atom stereocenters. The van der Waals surface area contributed by atoms with Gasteiger partial charge in [0, 0.05) is 41.0 Å². The first-order chi connectivity index (χ1) is 25.5. The number of para-hydroxylation sites is 1. The summed E-state index contributed by atoms with van der Waals surface area (Å²) in [6, 6.07) is 31.9. The number of anilines is 2. The molecule has 3 heterocycles. The quantitative estimate of drug-likeness (QED) is 0.131. The van der Waals surface area contributed by atoms with E-state index in [1.165, 1.54) is 0 Å². The molecule has 1 aromatic heterocycles. The fourth-order valence-corrected chi connectivity index (χ4v) is 10.8. The van der Waals surface area contributed by atoms with E-state index in [9.17, 15) is 19.5 Å². The lowest BCUT2D eigenvalue weighted by Crippen LogP contribution is -2.46. The van der Waals surface area contributed by atoms with Gasteiger partial charge in [0.05, 0.1) is 43.7 Å². The zero-order valence-electron chi connectivity index (χ0n) is 30.3. The number of carbonyl (C=O) groups is 2. The van der Waals surface area contributed by atoms with Crippen LogP contribution in [0.2, 0.25) is 18.6 Å². The van der Waals surface area contributed by atoms with E-state index < -0.39 is 20.0 Å². The van der Waals surface area contributed by atoms with E-state index in [1.54, 1.807) is 41.0 Å². The molecule has 7 rings (SSSR count). The predicted molar refractivity (Wildman–Crippen MR) is 204 cm³/mol. The van der Waals surface area contributed by atoms with Gasteiger partial charge >= 0.3 is 0 Å². The van der Waals surface area contributed by atoms with Crippen LogP contribution in [0.4, 0.5) is 11.4 Å². The van der Waals surface area contributed by atoms with Crippen LogP contribution >= 0.6 is 0 Å². The number of aromatic nitrogens is 3. The number of methoxy groups -OCH3 is 1. The third-order valence-electron chi connectivity index (χ3n) is 10.7. The lowest BCUT2D eigenvalue weighted by molar-refractivity contribution is -0.146. The van der Waals surface area contributed by atoms with Crippen LogP contribution in [-0.2, 0) is 28.2 Å². The molecule has 1 unspecified atom stereocenters. The highest BCUT2D eigenvalue weighted by Gasteiger charge is 2.66. The minimum atomic E-state index is -2.87. The summed E-state index contributed by atoms with van der Waals surface area (Å²) < 4.78 is 14.0. The topological polar surface area (TPSA) is 139 Å². The number of fused-ring (bicyclic) bond motifs is 2. The molecule has 3 N–H and O–H groups in total. The first-order valence-electron chi connectivity index (χ1n) is 17.9. The summed E-state index contributed by atoms with van der Waals surface area (Å²) >= 11 is 0. The van der Waals surface area contributed by atoms with Crippen molar-refractivity contribution in [2.24, 2.45) is 5.92 Å². The molecule has 1 spiro atoms. The van der Waals surface area contributed by atoms with Crippen molar-refractivity contribution in [3.8, 4) is 5.75 Å². The Labute approximate surface area is 310 Å². The number of amides is 2. The minimum Gasteiger partial charge on any atom is -0.497 e. The third-order valence-corrected chi connectivity index (χ3v) is 13.2. The fourth-order valence-electron chi connectivity index (χ4n) is 8.23. The number of aryl methyl sites for hydroxylation is 1. The van der Waals surface area contributed by atoms with Crippen molar-refractivity contribution in [1.29, 1.82) is 0 Å². The van der Waals surface area contributed by atoms with Crippen molar-refractivity contribution in [3.05, 3.63) is 137 Å². The molecule has 2 aliphatic rings. The van der Waals surface area contributed by atoms with Gasteiger partial charge in [-0.05, 0) is 73.1 Å². The second kappa shape index (κ2) is 14.7. The first kappa shape index (κ1) is 36.2. The largest absolute Gasteiger partial charge is 0.497 e. The van der Waals surface area contributed by atoms with Crippen LogP contribution in [-0.4, -0.2) is 64.8 Å². The summed E-state index contributed by atoms with van der Waals surface area (Å²) in [7, 11) is -1.29. The SMILES string of the molecule is COc1ccc(C(=O)Nc2cccc(CN3C(=O)[C@@]4(O[C@@H](CCn5cc(C(CO)c6ccccc6)nn5)[C@H]([Si](C)(C)O)[C@H]4C)c4ccccc43)c2)cc1. The van der Waals surface area contributed by atoms with Gasteiger partial charge in [0.25, 0.3) is 11.8 Å². The Balaban J connectivity index is 1.12. The molecule has 2 amide bonds. The zero-order chi connectivity index (χ0) is 37.3. The molecule has 11 nitrogen and oxygen atoms in total. The minimum absolute atomic E-state index is 0.0957. The van der Waals surface area contributed by atoms with Crippen LogP contribution in [0.25, 0.3) is 0 Å². The molecule has 12 heteroatoms. The van der Waals surface area contributed by atoms with Crippen molar-refractivity contribution in [2.75, 3.05) is 23.9 Å². The van der Waals surface area contributed by atoms with Crippen LogP contribution in [0.3, 0.4) is 0 Å². The summed E-state index contributed by atoms with van der Waals surface area (Å²) in [6.45, 7) is 6.49. The van der Waals surface area contributed by atoms with Gasteiger partial charge < -0.3 is 29.6 Å². The maximum absolute atomic E-state index is 14.8. The molecule has 0 bridgehead atoms. The Morgan fingerprint density at radius 3 is 2.47 bits per heavy atom. The standard InChI is InChI=1S/C41H45N5O6Si/c1-27-38(53(3,4)50)37(21-22-45-25-35(43-44-45)33(26-47)29-12-6-5-7-13-29)52-41(27)34-15-8-9-16-36(34)46(40(41)49)24-28-11-10-14-31(23-28)42-39(48)30-17-19-32(51-2)20-18-30/h5-20,23,25,27,33,37-38,47,50H,21-22,24,26H2,1-4H3,(H,42,48)/t27-,33?,37+,38-,41+/m1/s1. The molecule has 0 radical (unpaired) electrons. The molecule has 1 saturated heterocycles. The van der Waals surface area contributed by atoms with Crippen LogP contribution in [0.1, 0.15) is 52.0 Å². The number of carbonyl (C=O) groups excluding carboxylic acids is 2. The second-order valence-electron chi connectivity index (χ2n) is 14.5. The number of ether oxygens (including phenoxy) is 2. The molecule has 1 fully saturated rings. The van der Waals surface area contributed by atoms with Gasteiger partial charge in [0.2, 0.25) is 0 Å². The van der Waals surface area contributed by atoms with Gasteiger partial charge in [-0.2, -0.15) is 0 Å². The highest BCUT2D eigenvalue weighted by molar-refractivity contribution is 6.71. The van der Waals surface area contributed by atoms with Gasteiger partial charge in [-0.3, -0.25) is 14.3 Å². The highest BCUT2D eigenvalue weighted by Crippen LogP contribution is 2.59. The van der Waals surface area contributed by atoms with E-state index in [0.29, 0.717) is 35.7 Å². The average Bonchev–Trinajstić information content (AvgIpc) is 3.82. The molecule has 5 aromatic rings. The van der Waals surface area contributed by atoms with E-state index >= 15 is 0 Å². The van der Waals surface area contributed by atoms with E-state index in [0.717, 1.165) is 22.4 Å². The third kappa shape index (κ3) is 6.90. The van der Waals surface area contributed by atoms with Crippen molar-refractivity contribution in [1.82, 2.24) is 15.0 Å². The Morgan fingerprint density at radius 2 is 1.75 bits per heavy atom. The summed E-state index contributed by atoms with van der Waals surface area (Å²) in [4.78, 5) is 41.3. The van der Waals surface area contributed by atoms with Crippen LogP contribution in [0, 0.1) is 5.92 Å². The van der Waals surface area contributed by atoms with Gasteiger partial charge in [0.15, 0.2) is 13.9 Å². The number of rotatable bonds is 12. The molecule has 274 valence electrons. The molecule has 2 aliphatic heterocycles. The molecular formula is C41H45N5O6Si. The smallest absolute Gasteiger partial charge is 0.264 e. The normalized spacial score (nSPS) is 21.5. The number of nitrogens with one attached hydrogen (secondary N) is 1. The number of benzene rings is 4. The van der Waals surface area contributed by atoms with Crippen LogP contribution < -0.4 is 15.0 Å². The predicted octanol–water partition coefficient (Wildman–Crippen LogP) is 6.10. The summed E-state index contributed by atoms with van der Waals surface area (Å²) in [6.07, 6.45) is 1.95. The maximum Gasteiger partial charge on any atom is 0.264 e. The monoisotopic (exact) mass is 731 g/mol. The number of nitrogens with zero attached hydrogens (tertiary/aromatic N) is 4. The Kier molecular flexibility index (Phi) is 10.1. The van der Waals surface area contributed by atoms with Gasteiger partial charge in [-0.1, -0.05) is 72.8 Å². The summed E-state index contributed by atoms with van der Waals surface area (Å²) in [5, 5.41) is 21.9. The summed E-state index contributed by atoms with van der Waals surface area (Å²) in [5.74, 6) is -0.354. The Bertz CT molecular complexity index is 2080. The molecule has 0 aliphatic carbocycles. The van der Waals surface area contributed by atoms with Crippen molar-refractivity contribution in [2.45, 2.75) is 62.7 Å². The first-order valence-corrected chi connectivity index (χ1v) is 21.0. The Hall–Kier alpha value is -5.14. The van der Waals surface area contributed by atoms with Gasteiger partial charge in [-0.15, -0.1) is 5.10 Å². The highest BCUT2D eigenvalue weighted by atomic mass is 28.4. The lowest BCUT2D eigenvalue weighted by Gasteiger charge is -2.32. The zero-order valence-corrected chi connectivity index (χ0v) is 31.3. The van der Waals surface area contributed by atoms with E-state index in [2.05, 4.69) is 15.6 Å². The van der Waals surface area contributed by atoms with E-state index in [-0.39, 0.29) is 42.3 Å². The van der Waals surface area contributed by atoms with E-state index in [4.69, 9.17) is 9.47 Å². The van der Waals surface area contributed by atoms with Crippen molar-refractivity contribution < 1.29 is 29.0 Å². The maximum atomic E-state index is 14.8. The Morgan fingerprint density at radius 1 is 1.02 bits per heavy atom. The number of aliphatic hydroxyl groups excluding tert-OH is 1. The molecule has 53 heavy (non-hydrogen) atoms. The number of aliphatic hydroxyl groups is 1. The van der Waals surface area contributed by atoms with E-state index in [1.807, 2.05) is 105 Å². The molecule has 4 aromatic carbocycles. The van der Waals surface area contributed by atoms with Gasteiger partial charge in [0.1, 0.15) is 5.75 Å². The molecular weight excluding hydrogens is 687 g/mol. The van der Waals surface area contributed by atoms with Crippen LogP contribution in [0.5, 0.6) is 5.75 Å². The summed E-state index contributed by atoms with van der Waals surface area (Å²) in [5.41, 5.74) is 3.63. The van der Waals surface area contributed by atoms with Crippen molar-refractivity contribution in [3.63, 3.8) is 0 Å². The fraction of sp³-hybridized carbons (Fsp3) is 0.317. The lowest BCUT2D eigenvalue weighted by atomic mass is 9.82. The van der Waals surface area contributed by atoms with Crippen LogP contribution in [0.15, 0.2) is 109 Å². The number of hydrogen-bond donors (Lipinski definition) is 3. The second-order valence-corrected chi connectivity index (χ2v) is 18.5. The van der Waals surface area contributed by atoms with Crippen molar-refractivity contribution >= 4 is 31.5 Å². The average molecular weight is 732 g/mol. The van der Waals surface area contributed by atoms with Gasteiger partial charge in [-0.25, -0.2) is 0 Å². The molecule has 0 saturated carbocycles. The number of hydrogen-bond acceptors (Lipinski definition) is 8.